The summed E-state index contributed by atoms with van der Waals surface area (Å²) >= 11 is 0. The van der Waals surface area contributed by atoms with Gasteiger partial charge in [-0.2, -0.15) is 10.2 Å². The Bertz CT molecular complexity index is 119. The number of rotatable bonds is 8. The van der Waals surface area contributed by atoms with Crippen molar-refractivity contribution in [1.82, 2.24) is 0 Å². The lowest BCUT2D eigenvalue weighted by Gasteiger charge is -1.96. The minimum Gasteiger partial charge on any atom is -0.189 e. The first-order valence-corrected chi connectivity index (χ1v) is 4.89. The van der Waals surface area contributed by atoms with Gasteiger partial charge >= 0.3 is 0 Å². The molecule has 0 unspecified atom stereocenters. The largest absolute Gasteiger partial charge is 0.189 e. The van der Waals surface area contributed by atoms with Gasteiger partial charge in [-0.1, -0.05) is 45.6 Å². The lowest BCUT2D eigenvalue weighted by Crippen LogP contribution is -1.81. The molecule has 0 aliphatic rings. The zero-order valence-electron chi connectivity index (χ0n) is 8.13. The van der Waals surface area contributed by atoms with Gasteiger partial charge < -0.3 is 0 Å². The maximum atomic E-state index is 3.91. The molecule has 0 heterocycles. The summed E-state index contributed by atoms with van der Waals surface area (Å²) < 4.78 is 0. The van der Waals surface area contributed by atoms with Crippen LogP contribution in [0.5, 0.6) is 0 Å². The molecule has 0 aromatic heterocycles. The molecule has 0 rings (SSSR count). The predicted molar refractivity (Wildman–Crippen MR) is 53.3 cm³/mol. The lowest BCUT2D eigenvalue weighted by atomic mass is 10.1. The van der Waals surface area contributed by atoms with Crippen molar-refractivity contribution in [2.45, 2.75) is 45.4 Å². The number of hydrogen-bond acceptors (Lipinski definition) is 2. The maximum Gasteiger partial charge on any atom is 0.0603 e. The van der Waals surface area contributed by atoms with Crippen LogP contribution in [0.3, 0.4) is 0 Å². The molecule has 0 saturated heterocycles. The minimum atomic E-state index is 0.859. The molecule has 2 nitrogen and oxygen atoms in total. The smallest absolute Gasteiger partial charge is 0.0603 e. The minimum absolute atomic E-state index is 0.859. The van der Waals surface area contributed by atoms with Gasteiger partial charge in [0, 0.05) is 6.20 Å². The van der Waals surface area contributed by atoms with Crippen LogP contribution in [0.2, 0.25) is 0 Å². The van der Waals surface area contributed by atoms with E-state index < -0.39 is 0 Å². The molecule has 0 aliphatic heterocycles. The second kappa shape index (κ2) is 10.3. The van der Waals surface area contributed by atoms with Gasteiger partial charge in [0.15, 0.2) is 0 Å². The fraction of sp³-hybridized carbons (Fsp3) is 0.800. The second-order valence-electron chi connectivity index (χ2n) is 2.93. The third-order valence-corrected chi connectivity index (χ3v) is 1.77. The Kier molecular flexibility index (Phi) is 9.77. The zero-order valence-corrected chi connectivity index (χ0v) is 8.13. The van der Waals surface area contributed by atoms with Crippen LogP contribution in [0, 0.1) is 0 Å². The van der Waals surface area contributed by atoms with E-state index in [0.717, 1.165) is 6.54 Å². The third kappa shape index (κ3) is 9.34. The third-order valence-electron chi connectivity index (χ3n) is 1.77. The van der Waals surface area contributed by atoms with E-state index in [2.05, 4.69) is 23.7 Å². The number of nitrogens with zero attached hydrogens (tertiary/aromatic N) is 2. The van der Waals surface area contributed by atoms with Crippen molar-refractivity contribution in [2.75, 3.05) is 6.54 Å². The first-order chi connectivity index (χ1) is 5.91. The van der Waals surface area contributed by atoms with Gasteiger partial charge in [-0.05, 0) is 6.42 Å². The van der Waals surface area contributed by atoms with Crippen molar-refractivity contribution >= 4 is 0 Å². The van der Waals surface area contributed by atoms with E-state index in [1.54, 1.807) is 0 Å². The van der Waals surface area contributed by atoms with Gasteiger partial charge in [0.25, 0.3) is 0 Å². The predicted octanol–water partition coefficient (Wildman–Crippen LogP) is 3.94. The first-order valence-electron chi connectivity index (χ1n) is 4.89. The molecule has 0 aliphatic carbocycles. The maximum absolute atomic E-state index is 3.91. The van der Waals surface area contributed by atoms with Crippen molar-refractivity contribution in [3.05, 3.63) is 12.8 Å². The van der Waals surface area contributed by atoms with E-state index in [4.69, 9.17) is 0 Å². The van der Waals surface area contributed by atoms with Crippen LogP contribution >= 0.6 is 0 Å². The molecule has 0 fully saturated rings. The highest BCUT2D eigenvalue weighted by molar-refractivity contribution is 4.57. The fourth-order valence-electron chi connectivity index (χ4n) is 1.08. The molecule has 0 aromatic rings. The Labute approximate surface area is 75.8 Å². The SMILES string of the molecule is C=CN=NCCCCCCCC. The Balaban J connectivity index is 2.90. The Hall–Kier alpha value is -0.660. The standard InChI is InChI=1S/C10H20N2/c1-3-5-6-7-8-9-10-12-11-4-2/h4H,2-3,5-10H2,1H3. The molecule has 12 heavy (non-hydrogen) atoms. The summed E-state index contributed by atoms with van der Waals surface area (Å²) in [6, 6.07) is 0. The summed E-state index contributed by atoms with van der Waals surface area (Å²) in [6.45, 7) is 6.55. The zero-order chi connectivity index (χ0) is 9.07. The summed E-state index contributed by atoms with van der Waals surface area (Å²) in [4.78, 5) is 0. The number of hydrogen-bond donors (Lipinski definition) is 0. The topological polar surface area (TPSA) is 24.7 Å². The van der Waals surface area contributed by atoms with Crippen LogP contribution in [0.15, 0.2) is 23.0 Å². The summed E-state index contributed by atoms with van der Waals surface area (Å²) in [6.07, 6.45) is 9.34. The van der Waals surface area contributed by atoms with Crippen molar-refractivity contribution in [2.24, 2.45) is 10.2 Å². The second-order valence-corrected chi connectivity index (χ2v) is 2.93. The van der Waals surface area contributed by atoms with E-state index in [1.807, 2.05) is 0 Å². The van der Waals surface area contributed by atoms with Crippen molar-refractivity contribution in [1.29, 1.82) is 0 Å². The quantitative estimate of drug-likeness (QED) is 0.387. The molecule has 0 aromatic carbocycles. The van der Waals surface area contributed by atoms with Crippen LogP contribution in [-0.2, 0) is 0 Å². The van der Waals surface area contributed by atoms with E-state index in [1.165, 1.54) is 44.7 Å². The normalized spacial score (nSPS) is 10.8. The molecule has 0 spiro atoms. The van der Waals surface area contributed by atoms with Crippen LogP contribution < -0.4 is 0 Å². The van der Waals surface area contributed by atoms with Gasteiger partial charge in [0.05, 0.1) is 6.54 Å². The summed E-state index contributed by atoms with van der Waals surface area (Å²) in [5, 5.41) is 7.61. The van der Waals surface area contributed by atoms with Crippen LogP contribution in [0.4, 0.5) is 0 Å². The van der Waals surface area contributed by atoms with Crippen LogP contribution in [0.25, 0.3) is 0 Å². The first kappa shape index (κ1) is 11.3. The molecule has 70 valence electrons. The highest BCUT2D eigenvalue weighted by Gasteiger charge is 1.87. The van der Waals surface area contributed by atoms with Gasteiger partial charge in [0.1, 0.15) is 0 Å². The van der Waals surface area contributed by atoms with E-state index in [9.17, 15) is 0 Å². The number of unbranched alkanes of at least 4 members (excludes halogenated alkanes) is 5. The summed E-state index contributed by atoms with van der Waals surface area (Å²) in [7, 11) is 0. The molecule has 2 heteroatoms. The highest BCUT2D eigenvalue weighted by Crippen LogP contribution is 2.04. The average Bonchev–Trinajstić information content (AvgIpc) is 2.10. The van der Waals surface area contributed by atoms with Gasteiger partial charge in [0.2, 0.25) is 0 Å². The van der Waals surface area contributed by atoms with E-state index in [0.29, 0.717) is 0 Å². The van der Waals surface area contributed by atoms with Crippen LogP contribution in [-0.4, -0.2) is 6.54 Å². The van der Waals surface area contributed by atoms with E-state index >= 15 is 0 Å². The summed E-state index contributed by atoms with van der Waals surface area (Å²) in [5.41, 5.74) is 0. The Morgan fingerprint density at radius 3 is 2.42 bits per heavy atom. The van der Waals surface area contributed by atoms with Gasteiger partial charge in [-0.25, -0.2) is 0 Å². The van der Waals surface area contributed by atoms with Gasteiger partial charge in [-0.3, -0.25) is 0 Å². The molecule has 0 radical (unpaired) electrons. The van der Waals surface area contributed by atoms with Crippen molar-refractivity contribution in [3.8, 4) is 0 Å². The van der Waals surface area contributed by atoms with Crippen molar-refractivity contribution < 1.29 is 0 Å². The molecular formula is C10H20N2. The number of azo groups is 1. The van der Waals surface area contributed by atoms with E-state index in [-0.39, 0.29) is 0 Å². The van der Waals surface area contributed by atoms with Crippen LogP contribution in [0.1, 0.15) is 45.4 Å². The van der Waals surface area contributed by atoms with Crippen molar-refractivity contribution in [3.63, 3.8) is 0 Å². The highest BCUT2D eigenvalue weighted by atomic mass is 15.1. The lowest BCUT2D eigenvalue weighted by molar-refractivity contribution is 0.608. The molecule has 0 amide bonds. The fourth-order valence-corrected chi connectivity index (χ4v) is 1.08. The Morgan fingerprint density at radius 1 is 1.08 bits per heavy atom. The molecule has 0 N–H and O–H groups in total. The molecule has 0 saturated carbocycles. The molecule has 0 atom stereocenters. The molecular weight excluding hydrogens is 148 g/mol. The molecule has 0 bridgehead atoms. The summed E-state index contributed by atoms with van der Waals surface area (Å²) in [5.74, 6) is 0. The van der Waals surface area contributed by atoms with Gasteiger partial charge in [-0.15, -0.1) is 0 Å². The Morgan fingerprint density at radius 2 is 1.75 bits per heavy atom. The average molecular weight is 168 g/mol. The monoisotopic (exact) mass is 168 g/mol.